The van der Waals surface area contributed by atoms with Gasteiger partial charge < -0.3 is 14.2 Å². The molecule has 0 radical (unpaired) electrons. The number of pyridine rings is 1. The van der Waals surface area contributed by atoms with E-state index in [2.05, 4.69) is 0 Å². The molecule has 1 aromatic carbocycles. The first kappa shape index (κ1) is 13.3. The lowest BCUT2D eigenvalue weighted by Crippen LogP contribution is -1.99. The molecule has 2 aromatic rings. The number of methoxy groups -OCH3 is 3. The zero-order valence-electron chi connectivity index (χ0n) is 11.7. The summed E-state index contributed by atoms with van der Waals surface area (Å²) in [6.07, 6.45) is 3.03. The van der Waals surface area contributed by atoms with Gasteiger partial charge in [-0.1, -0.05) is 11.6 Å². The van der Waals surface area contributed by atoms with Gasteiger partial charge in [0.25, 0.3) is 0 Å². The van der Waals surface area contributed by atoms with Crippen molar-refractivity contribution in [3.8, 4) is 17.2 Å². The van der Waals surface area contributed by atoms with Gasteiger partial charge in [0.15, 0.2) is 11.5 Å². The lowest BCUT2D eigenvalue weighted by atomic mass is 10.1. The third-order valence-electron chi connectivity index (χ3n) is 3.74. The molecule has 1 aliphatic rings. The van der Waals surface area contributed by atoms with E-state index in [1.165, 1.54) is 0 Å². The van der Waals surface area contributed by atoms with Gasteiger partial charge in [0.2, 0.25) is 5.75 Å². The van der Waals surface area contributed by atoms with E-state index in [4.69, 9.17) is 30.8 Å². The molecule has 0 saturated heterocycles. The molecule has 0 unspecified atom stereocenters. The van der Waals surface area contributed by atoms with E-state index in [-0.39, 0.29) is 0 Å². The van der Waals surface area contributed by atoms with Crippen LogP contribution < -0.4 is 14.2 Å². The summed E-state index contributed by atoms with van der Waals surface area (Å²) in [7, 11) is 4.78. The van der Waals surface area contributed by atoms with E-state index >= 15 is 0 Å². The molecule has 4 nitrogen and oxygen atoms in total. The molecule has 1 heterocycles. The van der Waals surface area contributed by atoms with Crippen LogP contribution in [0.5, 0.6) is 17.2 Å². The molecule has 0 saturated carbocycles. The Balaban J connectivity index is 2.43. The van der Waals surface area contributed by atoms with Crippen LogP contribution in [0.25, 0.3) is 10.9 Å². The number of rotatable bonds is 3. The van der Waals surface area contributed by atoms with Gasteiger partial charge >= 0.3 is 0 Å². The first-order valence-corrected chi connectivity index (χ1v) is 6.89. The van der Waals surface area contributed by atoms with Crippen LogP contribution in [0, 0.1) is 0 Å². The number of benzene rings is 1. The molecule has 1 aromatic heterocycles. The summed E-state index contributed by atoms with van der Waals surface area (Å²) >= 11 is 6.58. The van der Waals surface area contributed by atoms with E-state index in [1.807, 2.05) is 6.07 Å². The first-order valence-electron chi connectivity index (χ1n) is 6.51. The van der Waals surface area contributed by atoms with E-state index in [9.17, 15) is 0 Å². The summed E-state index contributed by atoms with van der Waals surface area (Å²) in [5, 5.41) is 1.52. The molecule has 1 aliphatic carbocycles. The van der Waals surface area contributed by atoms with Crippen molar-refractivity contribution in [1.29, 1.82) is 0 Å². The molecule has 0 aliphatic heterocycles. The van der Waals surface area contributed by atoms with E-state index in [0.29, 0.717) is 17.2 Å². The standard InChI is InChI=1S/C15H16ClNO3/c1-18-11-7-10-12(15(20-3)14(11)19-2)13(16)8-5-4-6-9(8)17-10/h7H,4-6H2,1-3H3. The van der Waals surface area contributed by atoms with Crippen LogP contribution in [0.3, 0.4) is 0 Å². The molecular weight excluding hydrogens is 278 g/mol. The van der Waals surface area contributed by atoms with E-state index < -0.39 is 0 Å². The highest BCUT2D eigenvalue weighted by molar-refractivity contribution is 6.37. The Bertz CT molecular complexity index is 685. The molecule has 0 amide bonds. The Labute approximate surface area is 122 Å². The first-order chi connectivity index (χ1) is 9.71. The average Bonchev–Trinajstić information content (AvgIpc) is 2.93. The number of hydrogen-bond donors (Lipinski definition) is 0. The SMILES string of the molecule is COc1cc2nc3c(c(Cl)c2c(OC)c1OC)CCC3. The minimum atomic E-state index is 0.546. The van der Waals surface area contributed by atoms with Crippen molar-refractivity contribution in [2.45, 2.75) is 19.3 Å². The lowest BCUT2D eigenvalue weighted by Gasteiger charge is -2.16. The number of aromatic nitrogens is 1. The molecule has 106 valence electrons. The Morgan fingerprint density at radius 3 is 2.45 bits per heavy atom. The molecule has 20 heavy (non-hydrogen) atoms. The second-order valence-corrected chi connectivity index (χ2v) is 5.12. The van der Waals surface area contributed by atoms with Crippen LogP contribution >= 0.6 is 11.6 Å². The number of fused-ring (bicyclic) bond motifs is 2. The second kappa shape index (κ2) is 5.02. The molecule has 3 rings (SSSR count). The number of ether oxygens (including phenoxy) is 3. The minimum Gasteiger partial charge on any atom is -0.493 e. The highest BCUT2D eigenvalue weighted by atomic mass is 35.5. The molecular formula is C15H16ClNO3. The summed E-state index contributed by atoms with van der Waals surface area (Å²) in [5.41, 5.74) is 2.99. The molecule has 0 bridgehead atoms. The normalized spacial score (nSPS) is 13.4. The highest BCUT2D eigenvalue weighted by Crippen LogP contribution is 2.47. The summed E-state index contributed by atoms with van der Waals surface area (Å²) in [5.74, 6) is 1.72. The van der Waals surface area contributed by atoms with Crippen LogP contribution in [0.2, 0.25) is 5.02 Å². The van der Waals surface area contributed by atoms with Gasteiger partial charge in [0.05, 0.1) is 37.3 Å². The Kier molecular flexibility index (Phi) is 3.34. The predicted octanol–water partition coefficient (Wildman–Crippen LogP) is 3.40. The van der Waals surface area contributed by atoms with E-state index in [1.54, 1.807) is 21.3 Å². The van der Waals surface area contributed by atoms with Crippen molar-refractivity contribution in [2.75, 3.05) is 21.3 Å². The quantitative estimate of drug-likeness (QED) is 0.869. The third kappa shape index (κ3) is 1.79. The van der Waals surface area contributed by atoms with Crippen LogP contribution in [0.1, 0.15) is 17.7 Å². The molecule has 0 atom stereocenters. The van der Waals surface area contributed by atoms with Crippen molar-refractivity contribution < 1.29 is 14.2 Å². The van der Waals surface area contributed by atoms with Gasteiger partial charge in [-0.3, -0.25) is 4.98 Å². The summed E-state index contributed by atoms with van der Waals surface area (Å²) in [6.45, 7) is 0. The number of nitrogens with zero attached hydrogens (tertiary/aromatic N) is 1. The second-order valence-electron chi connectivity index (χ2n) is 4.74. The third-order valence-corrected chi connectivity index (χ3v) is 4.15. The highest BCUT2D eigenvalue weighted by Gasteiger charge is 2.24. The minimum absolute atomic E-state index is 0.546. The predicted molar refractivity (Wildman–Crippen MR) is 78.4 cm³/mol. The van der Waals surface area contributed by atoms with Gasteiger partial charge in [-0.2, -0.15) is 0 Å². The molecule has 0 fully saturated rings. The van der Waals surface area contributed by atoms with Crippen LogP contribution in [0.4, 0.5) is 0 Å². The average molecular weight is 294 g/mol. The summed E-state index contributed by atoms with van der Waals surface area (Å²) in [6, 6.07) is 1.85. The van der Waals surface area contributed by atoms with Crippen molar-refractivity contribution in [3.63, 3.8) is 0 Å². The summed E-state index contributed by atoms with van der Waals surface area (Å²) < 4.78 is 16.3. The fraction of sp³-hybridized carbons (Fsp3) is 0.400. The number of hydrogen-bond acceptors (Lipinski definition) is 4. The van der Waals surface area contributed by atoms with Crippen LogP contribution in [0.15, 0.2) is 6.07 Å². The van der Waals surface area contributed by atoms with Crippen LogP contribution in [-0.2, 0) is 12.8 Å². The Morgan fingerprint density at radius 1 is 1.05 bits per heavy atom. The largest absolute Gasteiger partial charge is 0.493 e. The lowest BCUT2D eigenvalue weighted by molar-refractivity contribution is 0.327. The van der Waals surface area contributed by atoms with Gasteiger partial charge in [0, 0.05) is 11.8 Å². The van der Waals surface area contributed by atoms with Gasteiger partial charge in [-0.25, -0.2) is 0 Å². The van der Waals surface area contributed by atoms with Gasteiger partial charge in [-0.05, 0) is 24.8 Å². The maximum atomic E-state index is 6.58. The van der Waals surface area contributed by atoms with Crippen LogP contribution in [-0.4, -0.2) is 26.3 Å². The number of aryl methyl sites for hydroxylation is 1. The summed E-state index contributed by atoms with van der Waals surface area (Å²) in [4.78, 5) is 4.71. The molecule has 0 N–H and O–H groups in total. The van der Waals surface area contributed by atoms with E-state index in [0.717, 1.165) is 46.4 Å². The van der Waals surface area contributed by atoms with Crippen molar-refractivity contribution in [1.82, 2.24) is 4.98 Å². The molecule has 0 spiro atoms. The zero-order valence-corrected chi connectivity index (χ0v) is 12.5. The van der Waals surface area contributed by atoms with Gasteiger partial charge in [0.1, 0.15) is 0 Å². The van der Waals surface area contributed by atoms with Crippen molar-refractivity contribution in [2.24, 2.45) is 0 Å². The Morgan fingerprint density at radius 2 is 1.80 bits per heavy atom. The maximum Gasteiger partial charge on any atom is 0.204 e. The number of halogens is 1. The fourth-order valence-electron chi connectivity index (χ4n) is 2.83. The Hall–Kier alpha value is -1.68. The monoisotopic (exact) mass is 293 g/mol. The smallest absolute Gasteiger partial charge is 0.204 e. The fourth-order valence-corrected chi connectivity index (χ4v) is 3.21. The van der Waals surface area contributed by atoms with Crippen molar-refractivity contribution in [3.05, 3.63) is 22.3 Å². The maximum absolute atomic E-state index is 6.58. The molecule has 5 heteroatoms. The zero-order chi connectivity index (χ0) is 14.3. The van der Waals surface area contributed by atoms with Gasteiger partial charge in [-0.15, -0.1) is 0 Å². The topological polar surface area (TPSA) is 40.6 Å². The van der Waals surface area contributed by atoms with Crippen molar-refractivity contribution >= 4 is 22.5 Å².